The van der Waals surface area contributed by atoms with Crippen LogP contribution in [0.25, 0.3) is 0 Å². The number of carbonyl (C=O) groups is 1. The summed E-state index contributed by atoms with van der Waals surface area (Å²) in [5.41, 5.74) is 1.08. The maximum Gasteiger partial charge on any atom is 0.320 e. The third-order valence-corrected chi connectivity index (χ3v) is 3.34. The van der Waals surface area contributed by atoms with E-state index in [1.807, 2.05) is 31.3 Å². The molecule has 0 bridgehead atoms. The smallest absolute Gasteiger partial charge is 0.320 e. The fraction of sp³-hybridized carbons (Fsp3) is 0.562. The van der Waals surface area contributed by atoms with Gasteiger partial charge in [0.25, 0.3) is 0 Å². The molecule has 0 aromatic heterocycles. The number of rotatable bonds is 8. The Labute approximate surface area is 121 Å². The Morgan fingerprint density at radius 1 is 1.25 bits per heavy atom. The van der Waals surface area contributed by atoms with Crippen molar-refractivity contribution in [2.75, 3.05) is 13.7 Å². The van der Waals surface area contributed by atoms with E-state index in [2.05, 4.69) is 13.8 Å². The zero-order valence-electron chi connectivity index (χ0n) is 12.8. The summed E-state index contributed by atoms with van der Waals surface area (Å²) in [7, 11) is 1.81. The van der Waals surface area contributed by atoms with Crippen molar-refractivity contribution in [2.24, 2.45) is 5.92 Å². The summed E-state index contributed by atoms with van der Waals surface area (Å²) in [6.45, 7) is 7.37. The molecule has 4 nitrogen and oxygen atoms in total. The zero-order valence-corrected chi connectivity index (χ0v) is 12.8. The summed E-state index contributed by atoms with van der Waals surface area (Å²) in [5, 5.41) is 8.95. The van der Waals surface area contributed by atoms with E-state index in [4.69, 9.17) is 9.84 Å². The second-order valence-corrected chi connectivity index (χ2v) is 5.60. The first-order valence-corrected chi connectivity index (χ1v) is 7.05. The summed E-state index contributed by atoms with van der Waals surface area (Å²) >= 11 is 0. The molecule has 0 aliphatic heterocycles. The number of aliphatic carboxylic acids is 1. The molecule has 1 N–H and O–H groups in total. The number of carboxylic acid groups (broad SMARTS) is 1. The molecule has 0 saturated heterocycles. The average Bonchev–Trinajstić information content (AvgIpc) is 2.39. The van der Waals surface area contributed by atoms with Crippen molar-refractivity contribution in [1.82, 2.24) is 4.90 Å². The molecule has 0 saturated carbocycles. The minimum absolute atomic E-state index is 0.489. The van der Waals surface area contributed by atoms with Crippen molar-refractivity contribution in [1.29, 1.82) is 0 Å². The third-order valence-electron chi connectivity index (χ3n) is 3.34. The molecule has 0 amide bonds. The van der Waals surface area contributed by atoms with Crippen molar-refractivity contribution >= 4 is 5.97 Å². The van der Waals surface area contributed by atoms with E-state index in [-0.39, 0.29) is 0 Å². The molecule has 1 unspecified atom stereocenters. The number of hydrogen-bond acceptors (Lipinski definition) is 3. The summed E-state index contributed by atoms with van der Waals surface area (Å²) in [6.07, 6.45) is 1.04. The normalized spacial score (nSPS) is 12.7. The number of nitrogens with zero attached hydrogens (tertiary/aromatic N) is 1. The predicted molar refractivity (Wildman–Crippen MR) is 80.0 cm³/mol. The van der Waals surface area contributed by atoms with E-state index in [1.165, 1.54) is 0 Å². The average molecular weight is 279 g/mol. The van der Waals surface area contributed by atoms with Gasteiger partial charge in [-0.15, -0.1) is 0 Å². The van der Waals surface area contributed by atoms with Crippen LogP contribution in [0.3, 0.4) is 0 Å². The molecule has 0 fully saturated rings. The molecule has 112 valence electrons. The maximum atomic E-state index is 10.9. The highest BCUT2D eigenvalue weighted by Gasteiger charge is 2.16. The van der Waals surface area contributed by atoms with E-state index in [0.29, 0.717) is 12.5 Å². The summed E-state index contributed by atoms with van der Waals surface area (Å²) in [6, 6.07) is 7.35. The lowest BCUT2D eigenvalue weighted by Crippen LogP contribution is -2.35. The molecule has 1 atom stereocenters. The SMILES string of the molecule is CC(C)CCOc1ccc(CN(C)C(C)C(=O)O)cc1. The van der Waals surface area contributed by atoms with Crippen LogP contribution in [-0.4, -0.2) is 35.7 Å². The van der Waals surface area contributed by atoms with E-state index in [0.717, 1.165) is 24.3 Å². The van der Waals surface area contributed by atoms with Crippen LogP contribution in [0.4, 0.5) is 0 Å². The fourth-order valence-corrected chi connectivity index (χ4v) is 1.72. The van der Waals surface area contributed by atoms with Crippen molar-refractivity contribution in [3.8, 4) is 5.75 Å². The lowest BCUT2D eigenvalue weighted by atomic mass is 10.1. The first-order chi connectivity index (χ1) is 9.40. The highest BCUT2D eigenvalue weighted by atomic mass is 16.5. The Morgan fingerprint density at radius 2 is 1.85 bits per heavy atom. The minimum Gasteiger partial charge on any atom is -0.494 e. The Kier molecular flexibility index (Phi) is 6.52. The molecule has 20 heavy (non-hydrogen) atoms. The largest absolute Gasteiger partial charge is 0.494 e. The van der Waals surface area contributed by atoms with Gasteiger partial charge in [0.2, 0.25) is 0 Å². The van der Waals surface area contributed by atoms with Gasteiger partial charge in [-0.2, -0.15) is 0 Å². The lowest BCUT2D eigenvalue weighted by molar-refractivity contribution is -0.142. The fourth-order valence-electron chi connectivity index (χ4n) is 1.72. The minimum atomic E-state index is -0.805. The van der Waals surface area contributed by atoms with E-state index >= 15 is 0 Å². The Morgan fingerprint density at radius 3 is 2.35 bits per heavy atom. The number of ether oxygens (including phenoxy) is 1. The monoisotopic (exact) mass is 279 g/mol. The quantitative estimate of drug-likeness (QED) is 0.794. The van der Waals surface area contributed by atoms with Gasteiger partial charge < -0.3 is 9.84 Å². The maximum absolute atomic E-state index is 10.9. The third kappa shape index (κ3) is 5.61. The van der Waals surface area contributed by atoms with Crippen LogP contribution in [0.1, 0.15) is 32.8 Å². The number of hydrogen-bond donors (Lipinski definition) is 1. The van der Waals surface area contributed by atoms with Crippen molar-refractivity contribution < 1.29 is 14.6 Å². The zero-order chi connectivity index (χ0) is 15.1. The van der Waals surface area contributed by atoms with Gasteiger partial charge in [0.05, 0.1) is 6.61 Å². The van der Waals surface area contributed by atoms with Gasteiger partial charge in [-0.05, 0) is 44.0 Å². The van der Waals surface area contributed by atoms with Gasteiger partial charge in [-0.3, -0.25) is 9.69 Å². The Hall–Kier alpha value is -1.55. The molecule has 0 spiro atoms. The van der Waals surface area contributed by atoms with E-state index < -0.39 is 12.0 Å². The standard InChI is InChI=1S/C16H25NO3/c1-12(2)9-10-20-15-7-5-14(6-8-15)11-17(4)13(3)16(18)19/h5-8,12-13H,9-11H2,1-4H3,(H,18,19). The van der Waals surface area contributed by atoms with Gasteiger partial charge in [0.1, 0.15) is 11.8 Å². The Balaban J connectivity index is 2.48. The van der Waals surface area contributed by atoms with Gasteiger partial charge >= 0.3 is 5.97 Å². The summed E-state index contributed by atoms with van der Waals surface area (Å²) < 4.78 is 5.65. The summed E-state index contributed by atoms with van der Waals surface area (Å²) in [4.78, 5) is 12.7. The van der Waals surface area contributed by atoms with Crippen molar-refractivity contribution in [2.45, 2.75) is 39.8 Å². The second-order valence-electron chi connectivity index (χ2n) is 5.60. The molecule has 0 aliphatic carbocycles. The summed E-state index contributed by atoms with van der Waals surface area (Å²) in [5.74, 6) is 0.699. The van der Waals surface area contributed by atoms with E-state index in [9.17, 15) is 4.79 Å². The lowest BCUT2D eigenvalue weighted by Gasteiger charge is -2.21. The van der Waals surface area contributed by atoms with Gasteiger partial charge in [-0.25, -0.2) is 0 Å². The highest BCUT2D eigenvalue weighted by molar-refractivity contribution is 5.72. The van der Waals surface area contributed by atoms with Gasteiger partial charge in [-0.1, -0.05) is 26.0 Å². The molecule has 1 aromatic rings. The van der Waals surface area contributed by atoms with Crippen LogP contribution < -0.4 is 4.74 Å². The molecule has 0 radical (unpaired) electrons. The van der Waals surface area contributed by atoms with Crippen LogP contribution in [0.5, 0.6) is 5.75 Å². The number of carboxylic acids is 1. The number of benzene rings is 1. The van der Waals surface area contributed by atoms with Gasteiger partial charge in [0.15, 0.2) is 0 Å². The second kappa shape index (κ2) is 7.90. The Bertz CT molecular complexity index is 414. The predicted octanol–water partition coefficient (Wildman–Crippen LogP) is 3.02. The first kappa shape index (κ1) is 16.5. The molecule has 0 aliphatic rings. The van der Waals surface area contributed by atoms with Crippen LogP contribution >= 0.6 is 0 Å². The van der Waals surface area contributed by atoms with Crippen molar-refractivity contribution in [3.05, 3.63) is 29.8 Å². The molecule has 1 aromatic carbocycles. The molecule has 1 rings (SSSR count). The molecule has 4 heteroatoms. The van der Waals surface area contributed by atoms with Crippen LogP contribution in [0.15, 0.2) is 24.3 Å². The van der Waals surface area contributed by atoms with Crippen LogP contribution in [0, 0.1) is 5.92 Å². The molecular weight excluding hydrogens is 254 g/mol. The molecule has 0 heterocycles. The van der Waals surface area contributed by atoms with E-state index in [1.54, 1.807) is 11.8 Å². The molecular formula is C16H25NO3. The van der Waals surface area contributed by atoms with Crippen LogP contribution in [-0.2, 0) is 11.3 Å². The topological polar surface area (TPSA) is 49.8 Å². The first-order valence-electron chi connectivity index (χ1n) is 7.05. The number of likely N-dealkylation sites (N-methyl/N-ethyl adjacent to an activating group) is 1. The van der Waals surface area contributed by atoms with Gasteiger partial charge in [0, 0.05) is 6.54 Å². The van der Waals surface area contributed by atoms with Crippen LogP contribution in [0.2, 0.25) is 0 Å². The van der Waals surface area contributed by atoms with Crippen molar-refractivity contribution in [3.63, 3.8) is 0 Å². The highest BCUT2D eigenvalue weighted by Crippen LogP contribution is 2.15.